The number of halogens is 1. The van der Waals surface area contributed by atoms with Gasteiger partial charge in [-0.3, -0.25) is 9.59 Å². The topological polar surface area (TPSA) is 119 Å². The number of carbonyl (C=O) groups is 2. The van der Waals surface area contributed by atoms with Crippen LogP contribution in [0.25, 0.3) is 0 Å². The van der Waals surface area contributed by atoms with Crippen molar-refractivity contribution in [3.63, 3.8) is 0 Å². The van der Waals surface area contributed by atoms with Gasteiger partial charge >= 0.3 is 17.8 Å². The van der Waals surface area contributed by atoms with Gasteiger partial charge in [0.2, 0.25) is 5.91 Å². The number of anilines is 3. The maximum atomic E-state index is 13.8. The number of rotatable bonds is 7. The molecule has 0 spiro atoms. The molecule has 10 nitrogen and oxygen atoms in total. The molecule has 0 unspecified atom stereocenters. The molecule has 204 valence electrons. The summed E-state index contributed by atoms with van der Waals surface area (Å²) < 4.78 is 30.2. The quantitative estimate of drug-likeness (QED) is 0.456. The molecule has 3 aliphatic rings. The Morgan fingerprint density at radius 1 is 0.949 bits per heavy atom. The van der Waals surface area contributed by atoms with Crippen LogP contribution in [-0.4, -0.2) is 59.0 Å². The lowest BCUT2D eigenvalue weighted by Crippen LogP contribution is -2.32. The number of hydrogen-bond acceptors (Lipinski definition) is 8. The number of likely N-dealkylation sites (tertiary alicyclic amines) is 1. The van der Waals surface area contributed by atoms with E-state index in [2.05, 4.69) is 20.8 Å². The van der Waals surface area contributed by atoms with E-state index in [1.807, 2.05) is 29.2 Å². The van der Waals surface area contributed by atoms with Crippen molar-refractivity contribution in [2.75, 3.05) is 30.5 Å². The molecule has 3 aromatic rings. The first-order chi connectivity index (χ1) is 19.0. The Labute approximate surface area is 224 Å². The molecule has 1 aliphatic carbocycles. The van der Waals surface area contributed by atoms with Gasteiger partial charge in [0.15, 0.2) is 0 Å². The first kappa shape index (κ1) is 25.4. The second kappa shape index (κ2) is 11.1. The van der Waals surface area contributed by atoms with Gasteiger partial charge in [-0.15, -0.1) is 5.10 Å². The van der Waals surface area contributed by atoms with Crippen LogP contribution >= 0.6 is 0 Å². The zero-order valence-corrected chi connectivity index (χ0v) is 21.3. The van der Waals surface area contributed by atoms with Crippen LogP contribution in [0.4, 0.5) is 21.8 Å². The summed E-state index contributed by atoms with van der Waals surface area (Å²) in [6, 6.07) is 13.7. The van der Waals surface area contributed by atoms with E-state index in [1.165, 1.54) is 17.7 Å². The third-order valence-corrected chi connectivity index (χ3v) is 7.82. The summed E-state index contributed by atoms with van der Waals surface area (Å²) in [6.07, 6.45) is 4.74. The molecule has 1 saturated carbocycles. The highest BCUT2D eigenvalue weighted by Crippen LogP contribution is 2.38. The number of aromatic nitrogens is 2. The normalized spacial score (nSPS) is 24.4. The minimum atomic E-state index is -0.554. The molecule has 0 radical (unpaired) electrons. The predicted octanol–water partition coefficient (Wildman–Crippen LogP) is 4.45. The number of nitrogens with zero attached hydrogens (tertiary/aromatic N) is 3. The zero-order valence-electron chi connectivity index (χ0n) is 21.3. The highest BCUT2D eigenvalue weighted by Gasteiger charge is 2.40. The van der Waals surface area contributed by atoms with Gasteiger partial charge in [-0.2, -0.15) is 0 Å². The van der Waals surface area contributed by atoms with Crippen LogP contribution in [0.2, 0.25) is 0 Å². The highest BCUT2D eigenvalue weighted by atomic mass is 19.1. The van der Waals surface area contributed by atoms with E-state index < -0.39 is 11.7 Å². The van der Waals surface area contributed by atoms with E-state index in [0.717, 1.165) is 25.7 Å². The first-order valence-electron chi connectivity index (χ1n) is 13.3. The Kier molecular flexibility index (Phi) is 7.25. The Bertz CT molecular complexity index is 1310. The number of para-hydroxylation sites is 1. The summed E-state index contributed by atoms with van der Waals surface area (Å²) in [5, 5.41) is 12.9. The van der Waals surface area contributed by atoms with Crippen molar-refractivity contribution < 1.29 is 27.9 Å². The fraction of sp³-hybridized carbons (Fsp3) is 0.429. The van der Waals surface area contributed by atoms with Gasteiger partial charge in [-0.1, -0.05) is 29.4 Å². The van der Waals surface area contributed by atoms with Crippen molar-refractivity contribution in [2.24, 2.45) is 5.92 Å². The Hall–Kier alpha value is -3.83. The summed E-state index contributed by atoms with van der Waals surface area (Å²) in [4.78, 5) is 27.2. The third-order valence-electron chi connectivity index (χ3n) is 7.82. The summed E-state index contributed by atoms with van der Waals surface area (Å²) >= 11 is 0. The lowest BCUT2D eigenvalue weighted by molar-refractivity contribution is -0.133. The monoisotopic (exact) mass is 535 g/mol. The average molecular weight is 536 g/mol. The van der Waals surface area contributed by atoms with Crippen LogP contribution in [-0.2, 0) is 14.3 Å². The van der Waals surface area contributed by atoms with Crippen LogP contribution in [0.15, 0.2) is 52.9 Å². The molecular weight excluding hydrogens is 505 g/mol. The summed E-state index contributed by atoms with van der Waals surface area (Å²) in [7, 11) is 0. The smallest absolute Gasteiger partial charge is 0.320 e. The molecule has 2 aromatic carbocycles. The van der Waals surface area contributed by atoms with Crippen LogP contribution in [0.3, 0.4) is 0 Å². The molecule has 11 heteroatoms. The molecule has 2 amide bonds. The molecule has 0 bridgehead atoms. The number of nitrogens with one attached hydrogen (secondary N) is 2. The van der Waals surface area contributed by atoms with Crippen LogP contribution in [0.5, 0.6) is 0 Å². The van der Waals surface area contributed by atoms with Gasteiger partial charge in [0.05, 0.1) is 5.69 Å². The van der Waals surface area contributed by atoms with E-state index in [1.54, 1.807) is 12.1 Å². The second-order valence-corrected chi connectivity index (χ2v) is 10.3. The van der Waals surface area contributed by atoms with E-state index in [0.29, 0.717) is 43.8 Å². The number of benzene rings is 2. The van der Waals surface area contributed by atoms with Crippen molar-refractivity contribution in [3.8, 4) is 0 Å². The van der Waals surface area contributed by atoms with Gasteiger partial charge in [0.1, 0.15) is 24.8 Å². The molecule has 2 atom stereocenters. The summed E-state index contributed by atoms with van der Waals surface area (Å²) in [5.41, 5.74) is 1.99. The standard InChI is InChI=1S/C28H30FN5O5/c29-21-3-1-2-4-22(21)31-28-33-32-27(39-28)26(36)30-20-11-9-19(10-12-20)18-7-5-17(6-8-18)13-25(35)34-14-23-24(15-34)38-16-37-23/h1-4,9-12,17-18,23-24H,5-8,13-16H2,(H,30,36)(H,31,33)/t17?,18?,23-,24+. The minimum Gasteiger partial charge on any atom is -0.399 e. The Balaban J connectivity index is 0.968. The predicted molar refractivity (Wildman–Crippen MR) is 139 cm³/mol. The van der Waals surface area contributed by atoms with Gasteiger partial charge < -0.3 is 29.4 Å². The van der Waals surface area contributed by atoms with E-state index in [9.17, 15) is 14.0 Å². The highest BCUT2D eigenvalue weighted by molar-refractivity contribution is 6.00. The van der Waals surface area contributed by atoms with Crippen molar-refractivity contribution in [3.05, 3.63) is 65.8 Å². The van der Waals surface area contributed by atoms with Gasteiger partial charge in [0.25, 0.3) is 0 Å². The number of hydrogen-bond donors (Lipinski definition) is 2. The van der Waals surface area contributed by atoms with Crippen LogP contribution in [0.1, 0.15) is 54.3 Å². The van der Waals surface area contributed by atoms with E-state index in [4.69, 9.17) is 13.9 Å². The van der Waals surface area contributed by atoms with E-state index >= 15 is 0 Å². The fourth-order valence-corrected chi connectivity index (χ4v) is 5.62. The fourth-order valence-electron chi connectivity index (χ4n) is 5.62. The maximum absolute atomic E-state index is 13.8. The lowest BCUT2D eigenvalue weighted by atomic mass is 9.77. The third kappa shape index (κ3) is 5.79. The minimum absolute atomic E-state index is 0.0320. The molecule has 2 aliphatic heterocycles. The molecule has 2 saturated heterocycles. The maximum Gasteiger partial charge on any atom is 0.320 e. The van der Waals surface area contributed by atoms with E-state index in [-0.39, 0.29) is 35.7 Å². The number of carbonyl (C=O) groups excluding carboxylic acids is 2. The van der Waals surface area contributed by atoms with Crippen molar-refractivity contribution in [2.45, 2.75) is 50.2 Å². The molecule has 39 heavy (non-hydrogen) atoms. The molecule has 1 aromatic heterocycles. The SMILES string of the molecule is O=C(Nc1ccc(C2CCC(CC(=O)N3C[C@@H]4OCO[C@@H]4C3)CC2)cc1)c1nnc(Nc2ccccc2F)o1. The molecule has 6 rings (SSSR count). The van der Waals surface area contributed by atoms with Gasteiger partial charge in [-0.05, 0) is 67.3 Å². The first-order valence-corrected chi connectivity index (χ1v) is 13.3. The second-order valence-electron chi connectivity index (χ2n) is 10.3. The summed E-state index contributed by atoms with van der Waals surface area (Å²) in [5.74, 6) is -0.223. The Morgan fingerprint density at radius 2 is 1.67 bits per heavy atom. The van der Waals surface area contributed by atoms with Crippen molar-refractivity contribution >= 4 is 29.2 Å². The van der Waals surface area contributed by atoms with Gasteiger partial charge in [0, 0.05) is 25.2 Å². The van der Waals surface area contributed by atoms with Crippen LogP contribution in [0, 0.1) is 11.7 Å². The number of fused-ring (bicyclic) bond motifs is 1. The number of ether oxygens (including phenoxy) is 2. The molecular formula is C28H30FN5O5. The number of amides is 2. The lowest BCUT2D eigenvalue weighted by Gasteiger charge is -2.29. The van der Waals surface area contributed by atoms with Crippen LogP contribution < -0.4 is 10.6 Å². The largest absolute Gasteiger partial charge is 0.399 e. The van der Waals surface area contributed by atoms with Crippen molar-refractivity contribution in [1.82, 2.24) is 15.1 Å². The van der Waals surface area contributed by atoms with Crippen molar-refractivity contribution in [1.29, 1.82) is 0 Å². The van der Waals surface area contributed by atoms with Gasteiger partial charge in [-0.25, -0.2) is 4.39 Å². The summed E-state index contributed by atoms with van der Waals surface area (Å²) in [6.45, 7) is 1.62. The molecule has 3 heterocycles. The molecule has 2 N–H and O–H groups in total. The Morgan fingerprint density at radius 3 is 2.38 bits per heavy atom. The molecule has 3 fully saturated rings. The average Bonchev–Trinajstić information content (AvgIpc) is 3.68. The zero-order chi connectivity index (χ0) is 26.8.